The van der Waals surface area contributed by atoms with Crippen LogP contribution >= 0.6 is 15.9 Å². The summed E-state index contributed by atoms with van der Waals surface area (Å²) in [5.74, 6) is 0.967. The average Bonchev–Trinajstić information content (AvgIpc) is 2.52. The van der Waals surface area contributed by atoms with Crippen molar-refractivity contribution < 1.29 is 9.53 Å². The van der Waals surface area contributed by atoms with Crippen molar-refractivity contribution in [2.75, 3.05) is 6.61 Å². The number of hydrogen-bond acceptors (Lipinski definition) is 3. The van der Waals surface area contributed by atoms with Crippen LogP contribution in [-0.2, 0) is 11.3 Å². The fourth-order valence-corrected chi connectivity index (χ4v) is 2.40. The molecule has 0 radical (unpaired) electrons. The van der Waals surface area contributed by atoms with E-state index < -0.39 is 0 Å². The predicted molar refractivity (Wildman–Crippen MR) is 89.8 cm³/mol. The number of pyridine rings is 1. The third kappa shape index (κ3) is 4.84. The maximum Gasteiger partial charge on any atom is 0.258 e. The first kappa shape index (κ1) is 16.5. The number of ether oxygens (including phenoxy) is 1. The number of rotatable bonds is 6. The van der Waals surface area contributed by atoms with Gasteiger partial charge in [-0.3, -0.25) is 9.78 Å². The van der Waals surface area contributed by atoms with Gasteiger partial charge in [0, 0.05) is 18.9 Å². The molecule has 0 aliphatic rings. The number of benzene rings is 1. The highest BCUT2D eigenvalue weighted by Crippen LogP contribution is 2.28. The Morgan fingerprint density at radius 3 is 2.64 bits per heavy atom. The van der Waals surface area contributed by atoms with E-state index in [4.69, 9.17) is 4.74 Å². The minimum atomic E-state index is -0.156. The number of hydrogen-bond donors (Lipinski definition) is 1. The molecule has 1 aromatic heterocycles. The normalized spacial score (nSPS) is 10.5. The van der Waals surface area contributed by atoms with Crippen molar-refractivity contribution >= 4 is 21.8 Å². The Bertz CT molecular complexity index is 630. The first-order valence-corrected chi connectivity index (χ1v) is 7.93. The summed E-state index contributed by atoms with van der Waals surface area (Å²) >= 11 is 3.48. The monoisotopic (exact) mass is 362 g/mol. The standard InChI is InChI=1S/C17H19BrN2O2/c1-12(2)14-3-4-16(15(18)9-14)22-11-17(21)20-10-13-5-7-19-8-6-13/h3-9,12H,10-11H2,1-2H3,(H,20,21). The maximum absolute atomic E-state index is 11.8. The van der Waals surface area contributed by atoms with Crippen LogP contribution in [0.15, 0.2) is 47.2 Å². The number of aromatic nitrogens is 1. The number of nitrogens with one attached hydrogen (secondary N) is 1. The number of halogens is 1. The smallest absolute Gasteiger partial charge is 0.258 e. The number of amides is 1. The largest absolute Gasteiger partial charge is 0.483 e. The zero-order chi connectivity index (χ0) is 15.9. The second-order valence-corrected chi connectivity index (χ2v) is 6.12. The Morgan fingerprint density at radius 2 is 2.00 bits per heavy atom. The Labute approximate surface area is 139 Å². The molecule has 0 unspecified atom stereocenters. The molecule has 2 aromatic rings. The Kier molecular flexibility index (Phi) is 5.95. The zero-order valence-corrected chi connectivity index (χ0v) is 14.3. The lowest BCUT2D eigenvalue weighted by Crippen LogP contribution is -2.28. The number of carbonyl (C=O) groups is 1. The Morgan fingerprint density at radius 1 is 1.27 bits per heavy atom. The minimum absolute atomic E-state index is 0.00922. The summed E-state index contributed by atoms with van der Waals surface area (Å²) in [6.45, 7) is 4.73. The molecule has 0 bridgehead atoms. The van der Waals surface area contributed by atoms with Crippen molar-refractivity contribution in [3.05, 3.63) is 58.3 Å². The third-order valence-electron chi connectivity index (χ3n) is 3.22. The summed E-state index contributed by atoms with van der Waals surface area (Å²) in [6, 6.07) is 9.65. The lowest BCUT2D eigenvalue weighted by molar-refractivity contribution is -0.123. The van der Waals surface area contributed by atoms with E-state index in [1.165, 1.54) is 5.56 Å². The highest BCUT2D eigenvalue weighted by Gasteiger charge is 2.08. The summed E-state index contributed by atoms with van der Waals surface area (Å²) in [5, 5.41) is 2.81. The van der Waals surface area contributed by atoms with Crippen LogP contribution in [0.1, 0.15) is 30.9 Å². The maximum atomic E-state index is 11.8. The number of carbonyl (C=O) groups excluding carboxylic acids is 1. The van der Waals surface area contributed by atoms with Gasteiger partial charge in [-0.25, -0.2) is 0 Å². The highest BCUT2D eigenvalue weighted by molar-refractivity contribution is 9.10. The van der Waals surface area contributed by atoms with Gasteiger partial charge in [0.25, 0.3) is 5.91 Å². The summed E-state index contributed by atoms with van der Waals surface area (Å²) in [6.07, 6.45) is 3.40. The highest BCUT2D eigenvalue weighted by atomic mass is 79.9. The summed E-state index contributed by atoms with van der Waals surface area (Å²) in [4.78, 5) is 15.7. The van der Waals surface area contributed by atoms with Crippen LogP contribution in [0.25, 0.3) is 0 Å². The van der Waals surface area contributed by atoms with Gasteiger partial charge in [-0.2, -0.15) is 0 Å². The molecule has 0 saturated heterocycles. The van der Waals surface area contributed by atoms with E-state index in [2.05, 4.69) is 40.1 Å². The van der Waals surface area contributed by atoms with Crippen LogP contribution in [0.4, 0.5) is 0 Å². The molecule has 0 aliphatic carbocycles. The molecule has 0 fully saturated rings. The molecule has 0 atom stereocenters. The van der Waals surface area contributed by atoms with Gasteiger partial charge in [-0.15, -0.1) is 0 Å². The van der Waals surface area contributed by atoms with Gasteiger partial charge in [0.15, 0.2) is 6.61 Å². The van der Waals surface area contributed by atoms with Crippen LogP contribution in [0.2, 0.25) is 0 Å². The van der Waals surface area contributed by atoms with Crippen LogP contribution in [0, 0.1) is 0 Å². The predicted octanol–water partition coefficient (Wildman–Crippen LogP) is 3.66. The molecule has 116 valence electrons. The van der Waals surface area contributed by atoms with Gasteiger partial charge in [0.2, 0.25) is 0 Å². The van der Waals surface area contributed by atoms with E-state index >= 15 is 0 Å². The topological polar surface area (TPSA) is 51.2 Å². The van der Waals surface area contributed by atoms with E-state index in [1.54, 1.807) is 12.4 Å². The number of nitrogens with zero attached hydrogens (tertiary/aromatic N) is 1. The van der Waals surface area contributed by atoms with E-state index in [9.17, 15) is 4.79 Å². The molecule has 5 heteroatoms. The molecule has 1 heterocycles. The second kappa shape index (κ2) is 7.94. The van der Waals surface area contributed by atoms with Gasteiger partial charge in [0.1, 0.15) is 5.75 Å². The van der Waals surface area contributed by atoms with Crippen LogP contribution in [0.5, 0.6) is 5.75 Å². The second-order valence-electron chi connectivity index (χ2n) is 5.27. The van der Waals surface area contributed by atoms with Crippen molar-refractivity contribution in [3.63, 3.8) is 0 Å². The van der Waals surface area contributed by atoms with Gasteiger partial charge in [0.05, 0.1) is 4.47 Å². The quantitative estimate of drug-likeness (QED) is 0.852. The Balaban J connectivity index is 1.83. The molecule has 1 N–H and O–H groups in total. The van der Waals surface area contributed by atoms with E-state index in [0.29, 0.717) is 18.2 Å². The minimum Gasteiger partial charge on any atom is -0.483 e. The molecule has 1 aromatic carbocycles. The molecule has 1 amide bonds. The van der Waals surface area contributed by atoms with Crippen molar-refractivity contribution in [3.8, 4) is 5.75 Å². The molecule has 0 spiro atoms. The fraction of sp³-hybridized carbons (Fsp3) is 0.294. The van der Waals surface area contributed by atoms with E-state index in [1.807, 2.05) is 30.3 Å². The molecule has 2 rings (SSSR count). The molecule has 22 heavy (non-hydrogen) atoms. The SMILES string of the molecule is CC(C)c1ccc(OCC(=O)NCc2ccncc2)c(Br)c1. The first-order chi connectivity index (χ1) is 10.6. The third-order valence-corrected chi connectivity index (χ3v) is 3.84. The lowest BCUT2D eigenvalue weighted by atomic mass is 10.0. The summed E-state index contributed by atoms with van der Waals surface area (Å²) < 4.78 is 6.41. The zero-order valence-electron chi connectivity index (χ0n) is 12.7. The van der Waals surface area contributed by atoms with Crippen LogP contribution < -0.4 is 10.1 Å². The van der Waals surface area contributed by atoms with Crippen molar-refractivity contribution in [2.24, 2.45) is 0 Å². The van der Waals surface area contributed by atoms with E-state index in [0.717, 1.165) is 10.0 Å². The molecule has 0 saturated carbocycles. The molecule has 4 nitrogen and oxygen atoms in total. The van der Waals surface area contributed by atoms with Crippen LogP contribution in [0.3, 0.4) is 0 Å². The first-order valence-electron chi connectivity index (χ1n) is 7.14. The van der Waals surface area contributed by atoms with Gasteiger partial charge in [-0.1, -0.05) is 19.9 Å². The summed E-state index contributed by atoms with van der Waals surface area (Å²) in [5.41, 5.74) is 2.23. The van der Waals surface area contributed by atoms with Crippen molar-refractivity contribution in [2.45, 2.75) is 26.3 Å². The van der Waals surface area contributed by atoms with Gasteiger partial charge < -0.3 is 10.1 Å². The average molecular weight is 363 g/mol. The van der Waals surface area contributed by atoms with Gasteiger partial charge >= 0.3 is 0 Å². The lowest BCUT2D eigenvalue weighted by Gasteiger charge is -2.11. The van der Waals surface area contributed by atoms with Crippen molar-refractivity contribution in [1.82, 2.24) is 10.3 Å². The van der Waals surface area contributed by atoms with E-state index in [-0.39, 0.29) is 12.5 Å². The fourth-order valence-electron chi connectivity index (χ4n) is 1.89. The molecular formula is C17H19BrN2O2. The molecule has 0 aliphatic heterocycles. The Hall–Kier alpha value is -1.88. The van der Waals surface area contributed by atoms with Crippen molar-refractivity contribution in [1.29, 1.82) is 0 Å². The van der Waals surface area contributed by atoms with Crippen LogP contribution in [-0.4, -0.2) is 17.5 Å². The summed E-state index contributed by atoms with van der Waals surface area (Å²) in [7, 11) is 0. The van der Waals surface area contributed by atoms with Gasteiger partial charge in [-0.05, 0) is 57.2 Å². The molecular weight excluding hydrogens is 344 g/mol.